The van der Waals surface area contributed by atoms with Crippen LogP contribution in [0.3, 0.4) is 0 Å². The maximum absolute atomic E-state index is 6.13. The van der Waals surface area contributed by atoms with Crippen molar-refractivity contribution in [2.75, 3.05) is 5.73 Å². The number of hydrogen-bond donors (Lipinski definition) is 2. The maximum Gasteiger partial charge on any atom is 0.142 e. The van der Waals surface area contributed by atoms with Gasteiger partial charge >= 0.3 is 0 Å². The summed E-state index contributed by atoms with van der Waals surface area (Å²) in [7, 11) is 0. The summed E-state index contributed by atoms with van der Waals surface area (Å²) in [4.78, 5) is 7.19. The van der Waals surface area contributed by atoms with Gasteiger partial charge in [-0.2, -0.15) is 0 Å². The lowest BCUT2D eigenvalue weighted by Crippen LogP contribution is -1.91. The van der Waals surface area contributed by atoms with Crippen LogP contribution in [-0.2, 0) is 0 Å². The molecule has 96 valence electrons. The van der Waals surface area contributed by atoms with Crippen LogP contribution in [0.1, 0.15) is 5.56 Å². The molecular formula is C14H12ClN3O. The van der Waals surface area contributed by atoms with E-state index in [1.165, 1.54) is 0 Å². The number of nitrogens with zero attached hydrogens (tertiary/aromatic N) is 1. The van der Waals surface area contributed by atoms with Crippen LogP contribution in [-0.4, -0.2) is 9.97 Å². The zero-order valence-corrected chi connectivity index (χ0v) is 11.0. The number of pyridine rings is 1. The van der Waals surface area contributed by atoms with Gasteiger partial charge in [-0.15, -0.1) is 0 Å². The summed E-state index contributed by atoms with van der Waals surface area (Å²) in [5.74, 6) is 1.39. The highest BCUT2D eigenvalue weighted by atomic mass is 35.5. The number of hydrogen-bond acceptors (Lipinski definition) is 3. The molecule has 0 bridgehead atoms. The second-order valence-corrected chi connectivity index (χ2v) is 4.70. The zero-order valence-electron chi connectivity index (χ0n) is 10.3. The number of fused-ring (bicyclic) bond motifs is 1. The lowest BCUT2D eigenvalue weighted by molar-refractivity contribution is 0.487. The average molecular weight is 274 g/mol. The van der Waals surface area contributed by atoms with E-state index in [0.717, 1.165) is 22.4 Å². The van der Waals surface area contributed by atoms with Gasteiger partial charge in [0.05, 0.1) is 10.4 Å². The largest absolute Gasteiger partial charge is 0.456 e. The van der Waals surface area contributed by atoms with Gasteiger partial charge in [-0.25, -0.2) is 4.98 Å². The Labute approximate surface area is 115 Å². The first-order valence-electron chi connectivity index (χ1n) is 5.81. The standard InChI is InChI=1S/C14H12ClN3O/c1-8-6-9(2-3-11(8)16)19-12-4-5-17-14-13(12)10(15)7-18-14/h2-7H,16H2,1H3,(H,17,18). The number of rotatable bonds is 2. The third-order valence-electron chi connectivity index (χ3n) is 2.96. The van der Waals surface area contributed by atoms with Crippen LogP contribution in [0.5, 0.6) is 11.5 Å². The molecule has 0 atom stereocenters. The molecule has 5 heteroatoms. The molecule has 0 spiro atoms. The predicted molar refractivity (Wildman–Crippen MR) is 76.8 cm³/mol. The molecule has 0 aliphatic heterocycles. The summed E-state index contributed by atoms with van der Waals surface area (Å²) in [5, 5.41) is 1.36. The van der Waals surface area contributed by atoms with Gasteiger partial charge in [0, 0.05) is 18.1 Å². The van der Waals surface area contributed by atoms with Gasteiger partial charge in [0.15, 0.2) is 0 Å². The molecule has 4 nitrogen and oxygen atoms in total. The first-order valence-corrected chi connectivity index (χ1v) is 6.18. The van der Waals surface area contributed by atoms with E-state index < -0.39 is 0 Å². The van der Waals surface area contributed by atoms with Gasteiger partial charge in [0.1, 0.15) is 17.1 Å². The van der Waals surface area contributed by atoms with Crippen LogP contribution in [0.4, 0.5) is 5.69 Å². The molecule has 2 aromatic heterocycles. The molecule has 0 saturated carbocycles. The average Bonchev–Trinajstić information content (AvgIpc) is 2.77. The fraction of sp³-hybridized carbons (Fsp3) is 0.0714. The molecule has 0 radical (unpaired) electrons. The molecule has 3 aromatic rings. The lowest BCUT2D eigenvalue weighted by Gasteiger charge is -2.08. The van der Waals surface area contributed by atoms with Crippen molar-refractivity contribution in [3.8, 4) is 11.5 Å². The van der Waals surface area contributed by atoms with Crippen LogP contribution in [0.25, 0.3) is 11.0 Å². The number of H-pyrrole nitrogens is 1. The molecule has 19 heavy (non-hydrogen) atoms. The van der Waals surface area contributed by atoms with Crippen molar-refractivity contribution in [2.45, 2.75) is 6.92 Å². The molecule has 0 saturated heterocycles. The van der Waals surface area contributed by atoms with Crippen LogP contribution in [0.2, 0.25) is 5.02 Å². The van der Waals surface area contributed by atoms with Gasteiger partial charge in [-0.05, 0) is 36.8 Å². The van der Waals surface area contributed by atoms with E-state index in [9.17, 15) is 0 Å². The summed E-state index contributed by atoms with van der Waals surface area (Å²) < 4.78 is 5.87. The van der Waals surface area contributed by atoms with E-state index in [0.29, 0.717) is 16.4 Å². The predicted octanol–water partition coefficient (Wildman–Crippen LogP) is 3.90. The Balaban J connectivity index is 2.05. The Morgan fingerprint density at radius 3 is 2.95 bits per heavy atom. The number of aromatic nitrogens is 2. The van der Waals surface area contributed by atoms with Gasteiger partial charge in [0.2, 0.25) is 0 Å². The first kappa shape index (κ1) is 11.9. The van der Waals surface area contributed by atoms with E-state index in [2.05, 4.69) is 9.97 Å². The molecule has 0 unspecified atom stereocenters. The Hall–Kier alpha value is -2.20. The van der Waals surface area contributed by atoms with Gasteiger partial charge in [-0.3, -0.25) is 0 Å². The van der Waals surface area contributed by atoms with E-state index in [-0.39, 0.29) is 0 Å². The number of halogens is 1. The van der Waals surface area contributed by atoms with Crippen LogP contribution < -0.4 is 10.5 Å². The minimum atomic E-state index is 0.588. The molecule has 3 N–H and O–H groups in total. The summed E-state index contributed by atoms with van der Waals surface area (Å²) in [6.45, 7) is 1.94. The summed E-state index contributed by atoms with van der Waals surface area (Å²) in [5.41, 5.74) is 8.21. The smallest absolute Gasteiger partial charge is 0.142 e. The molecular weight excluding hydrogens is 262 g/mol. The number of aryl methyl sites for hydroxylation is 1. The third kappa shape index (κ3) is 2.11. The van der Waals surface area contributed by atoms with Crippen molar-refractivity contribution < 1.29 is 4.74 Å². The second-order valence-electron chi connectivity index (χ2n) is 4.29. The highest BCUT2D eigenvalue weighted by Gasteiger charge is 2.10. The van der Waals surface area contributed by atoms with Crippen molar-refractivity contribution in [1.82, 2.24) is 9.97 Å². The number of aromatic amines is 1. The molecule has 0 amide bonds. The molecule has 0 fully saturated rings. The fourth-order valence-corrected chi connectivity index (χ4v) is 2.15. The van der Waals surface area contributed by atoms with Crippen LogP contribution in [0, 0.1) is 6.92 Å². The molecule has 3 rings (SSSR count). The van der Waals surface area contributed by atoms with Crippen molar-refractivity contribution in [1.29, 1.82) is 0 Å². The van der Waals surface area contributed by atoms with Crippen molar-refractivity contribution in [3.05, 3.63) is 47.2 Å². The minimum Gasteiger partial charge on any atom is -0.456 e. The molecule has 0 aliphatic carbocycles. The number of ether oxygens (including phenoxy) is 1. The Kier molecular flexibility index (Phi) is 2.80. The minimum absolute atomic E-state index is 0.588. The molecule has 1 aromatic carbocycles. The van der Waals surface area contributed by atoms with E-state index in [4.69, 9.17) is 22.1 Å². The number of nitrogens with two attached hydrogens (primary N) is 1. The van der Waals surface area contributed by atoms with E-state index in [1.807, 2.05) is 25.1 Å². The second kappa shape index (κ2) is 4.48. The number of benzene rings is 1. The normalized spacial score (nSPS) is 10.8. The number of nitrogens with one attached hydrogen (secondary N) is 1. The number of nitrogen functional groups attached to an aromatic ring is 1. The first-order chi connectivity index (χ1) is 9.15. The Morgan fingerprint density at radius 2 is 2.16 bits per heavy atom. The van der Waals surface area contributed by atoms with Crippen LogP contribution >= 0.6 is 11.6 Å². The van der Waals surface area contributed by atoms with Crippen molar-refractivity contribution in [2.24, 2.45) is 0 Å². The Bertz CT molecular complexity index is 752. The van der Waals surface area contributed by atoms with Crippen LogP contribution in [0.15, 0.2) is 36.7 Å². The fourth-order valence-electron chi connectivity index (χ4n) is 1.91. The molecule has 0 aliphatic rings. The summed E-state index contributed by atoms with van der Waals surface area (Å²) in [6.07, 6.45) is 3.37. The monoisotopic (exact) mass is 273 g/mol. The SMILES string of the molecule is Cc1cc(Oc2ccnc3[nH]cc(Cl)c23)ccc1N. The van der Waals surface area contributed by atoms with Gasteiger partial charge in [-0.1, -0.05) is 11.6 Å². The highest BCUT2D eigenvalue weighted by molar-refractivity contribution is 6.36. The van der Waals surface area contributed by atoms with Gasteiger partial charge in [0.25, 0.3) is 0 Å². The van der Waals surface area contributed by atoms with E-state index >= 15 is 0 Å². The topological polar surface area (TPSA) is 63.9 Å². The summed E-state index contributed by atoms with van der Waals surface area (Å²) >= 11 is 6.13. The summed E-state index contributed by atoms with van der Waals surface area (Å²) in [6, 6.07) is 7.33. The maximum atomic E-state index is 6.13. The van der Waals surface area contributed by atoms with E-state index in [1.54, 1.807) is 18.5 Å². The Morgan fingerprint density at radius 1 is 1.32 bits per heavy atom. The number of anilines is 1. The lowest BCUT2D eigenvalue weighted by atomic mass is 10.2. The van der Waals surface area contributed by atoms with Gasteiger partial charge < -0.3 is 15.5 Å². The molecule has 2 heterocycles. The zero-order chi connectivity index (χ0) is 13.4. The third-order valence-corrected chi connectivity index (χ3v) is 3.25. The van der Waals surface area contributed by atoms with Crippen molar-refractivity contribution >= 4 is 28.3 Å². The quantitative estimate of drug-likeness (QED) is 0.696. The highest BCUT2D eigenvalue weighted by Crippen LogP contribution is 2.34. The van der Waals surface area contributed by atoms with Crippen molar-refractivity contribution in [3.63, 3.8) is 0 Å².